The van der Waals surface area contributed by atoms with Crippen molar-refractivity contribution >= 4 is 4.21 Å². The summed E-state index contributed by atoms with van der Waals surface area (Å²) in [6.45, 7) is 14.8. The van der Waals surface area contributed by atoms with Gasteiger partial charge in [-0.2, -0.15) is 0 Å². The molecule has 4 aliphatic carbocycles. The SMILES string of the molecule is [CH2]=[Zr]([C]1=CC2=C(CCCC2)C1C(C)(C)C)[C]1=CC2=C(CCCC2)C1C(C)(C)C. The summed E-state index contributed by atoms with van der Waals surface area (Å²) >= 11 is -2.10. The van der Waals surface area contributed by atoms with Crippen molar-refractivity contribution in [2.45, 2.75) is 92.9 Å². The predicted octanol–water partition coefficient (Wildman–Crippen LogP) is 7.90. The zero-order valence-electron chi connectivity index (χ0n) is 19.2. The van der Waals surface area contributed by atoms with E-state index in [-0.39, 0.29) is 0 Å². The monoisotopic (exact) mass is 454 g/mol. The van der Waals surface area contributed by atoms with Crippen molar-refractivity contribution in [1.82, 2.24) is 0 Å². The molecular formula is C27H40Zr. The van der Waals surface area contributed by atoms with Crippen LogP contribution in [0.25, 0.3) is 0 Å². The molecule has 0 saturated carbocycles. The Morgan fingerprint density at radius 2 is 1.04 bits per heavy atom. The van der Waals surface area contributed by atoms with E-state index in [2.05, 4.69) is 53.7 Å². The van der Waals surface area contributed by atoms with Gasteiger partial charge in [-0.15, -0.1) is 0 Å². The molecule has 0 spiro atoms. The van der Waals surface area contributed by atoms with E-state index >= 15 is 0 Å². The molecule has 2 unspecified atom stereocenters. The maximum absolute atomic E-state index is 5.05. The molecule has 0 aromatic heterocycles. The van der Waals surface area contributed by atoms with Gasteiger partial charge in [0.15, 0.2) is 0 Å². The standard InChI is InChI=1S/2C13H19.CH2.Zr/c2*1-13(2,3)12-9-8-10-6-4-5-7-11(10)12;;/h2*8,12H,4-7H2,1-3H3;1H2;. The molecule has 28 heavy (non-hydrogen) atoms. The molecule has 0 aromatic carbocycles. The average Bonchev–Trinajstić information content (AvgIpc) is 3.19. The van der Waals surface area contributed by atoms with E-state index in [9.17, 15) is 0 Å². The maximum atomic E-state index is 5.05. The summed E-state index contributed by atoms with van der Waals surface area (Å²) in [6.07, 6.45) is 16.2. The fourth-order valence-electron chi connectivity index (χ4n) is 6.48. The van der Waals surface area contributed by atoms with Gasteiger partial charge < -0.3 is 0 Å². The number of allylic oxidation sites excluding steroid dienone is 8. The molecule has 0 radical (unpaired) electrons. The topological polar surface area (TPSA) is 0 Å². The van der Waals surface area contributed by atoms with Crippen LogP contribution in [0.2, 0.25) is 0 Å². The molecule has 0 aromatic rings. The van der Waals surface area contributed by atoms with Crippen LogP contribution >= 0.6 is 0 Å². The number of hydrogen-bond donors (Lipinski definition) is 0. The third-order valence-corrected chi connectivity index (χ3v) is 13.1. The van der Waals surface area contributed by atoms with Gasteiger partial charge in [0.25, 0.3) is 0 Å². The molecule has 4 aliphatic rings. The molecule has 1 heteroatoms. The second-order valence-corrected chi connectivity index (χ2v) is 17.0. The van der Waals surface area contributed by atoms with E-state index in [1.807, 2.05) is 6.56 Å². The van der Waals surface area contributed by atoms with Crippen molar-refractivity contribution < 1.29 is 21.3 Å². The Hall–Kier alpha value is -0.287. The Morgan fingerprint density at radius 1 is 0.679 bits per heavy atom. The van der Waals surface area contributed by atoms with Crippen molar-refractivity contribution in [3.8, 4) is 0 Å². The minimum absolute atomic E-state index is 0.327. The summed E-state index contributed by atoms with van der Waals surface area (Å²) in [4.78, 5) is 0. The van der Waals surface area contributed by atoms with Gasteiger partial charge in [-0.25, -0.2) is 0 Å². The Bertz CT molecular complexity index is 745. The first-order valence-electron chi connectivity index (χ1n) is 11.7. The van der Waals surface area contributed by atoms with Crippen molar-refractivity contribution in [2.75, 3.05) is 0 Å². The average molecular weight is 456 g/mol. The van der Waals surface area contributed by atoms with Crippen LogP contribution in [0.5, 0.6) is 0 Å². The van der Waals surface area contributed by atoms with Crippen LogP contribution in [0.4, 0.5) is 0 Å². The van der Waals surface area contributed by atoms with Gasteiger partial charge in [0.2, 0.25) is 0 Å². The zero-order valence-corrected chi connectivity index (χ0v) is 21.6. The molecule has 0 heterocycles. The van der Waals surface area contributed by atoms with Crippen LogP contribution in [0, 0.1) is 22.7 Å². The third-order valence-electron chi connectivity index (χ3n) is 7.52. The first-order chi connectivity index (χ1) is 13.1. The molecule has 0 bridgehead atoms. The summed E-state index contributed by atoms with van der Waals surface area (Å²) in [6, 6.07) is 0. The fourth-order valence-corrected chi connectivity index (χ4v) is 13.7. The first kappa shape index (κ1) is 21.0. The van der Waals surface area contributed by atoms with Crippen LogP contribution in [0.1, 0.15) is 92.9 Å². The Balaban J connectivity index is 1.73. The van der Waals surface area contributed by atoms with Gasteiger partial charge in [-0.05, 0) is 0 Å². The summed E-state index contributed by atoms with van der Waals surface area (Å²) in [5.41, 5.74) is 7.69. The molecule has 0 fully saturated rings. The Kier molecular flexibility index (Phi) is 5.57. The van der Waals surface area contributed by atoms with Gasteiger partial charge >= 0.3 is 182 Å². The van der Waals surface area contributed by atoms with E-state index in [4.69, 9.17) is 4.21 Å². The molecule has 0 saturated heterocycles. The van der Waals surface area contributed by atoms with E-state index in [0.717, 1.165) is 0 Å². The van der Waals surface area contributed by atoms with E-state index in [1.54, 1.807) is 22.3 Å². The van der Waals surface area contributed by atoms with Crippen molar-refractivity contribution in [3.63, 3.8) is 0 Å². The van der Waals surface area contributed by atoms with Crippen molar-refractivity contribution in [3.05, 3.63) is 41.0 Å². The van der Waals surface area contributed by atoms with Crippen LogP contribution in [0.15, 0.2) is 41.0 Å². The normalized spacial score (nSPS) is 28.2. The zero-order chi connectivity index (χ0) is 20.3. The Morgan fingerprint density at radius 3 is 1.39 bits per heavy atom. The van der Waals surface area contributed by atoms with Crippen LogP contribution < -0.4 is 0 Å². The Labute approximate surface area is 181 Å². The molecule has 0 amide bonds. The minimum atomic E-state index is -2.10. The van der Waals surface area contributed by atoms with Gasteiger partial charge in [0, 0.05) is 0 Å². The summed E-state index contributed by atoms with van der Waals surface area (Å²) in [5.74, 6) is 1.35. The molecule has 0 N–H and O–H groups in total. The molecule has 152 valence electrons. The molecule has 4 rings (SSSR count). The summed E-state index contributed by atoms with van der Waals surface area (Å²) in [5, 5.41) is 0. The second-order valence-electron chi connectivity index (χ2n) is 11.8. The number of rotatable bonds is 2. The van der Waals surface area contributed by atoms with E-state index in [1.165, 1.54) is 51.4 Å². The quantitative estimate of drug-likeness (QED) is 0.397. The molecule has 0 nitrogen and oxygen atoms in total. The van der Waals surface area contributed by atoms with E-state index < -0.39 is 21.3 Å². The van der Waals surface area contributed by atoms with Crippen LogP contribution in [-0.4, -0.2) is 4.21 Å². The van der Waals surface area contributed by atoms with Gasteiger partial charge in [0.05, 0.1) is 0 Å². The summed E-state index contributed by atoms with van der Waals surface area (Å²) < 4.78 is 8.69. The second kappa shape index (κ2) is 7.44. The first-order valence-corrected chi connectivity index (χ1v) is 15.9. The molecule has 2 atom stereocenters. The predicted molar refractivity (Wildman–Crippen MR) is 120 cm³/mol. The van der Waals surface area contributed by atoms with E-state index in [0.29, 0.717) is 22.7 Å². The van der Waals surface area contributed by atoms with Gasteiger partial charge in [-0.1, -0.05) is 0 Å². The number of hydrogen-bond acceptors (Lipinski definition) is 0. The summed E-state index contributed by atoms with van der Waals surface area (Å²) in [7, 11) is 0. The van der Waals surface area contributed by atoms with Gasteiger partial charge in [0.1, 0.15) is 0 Å². The molecular weight excluding hydrogens is 416 g/mol. The third kappa shape index (κ3) is 3.64. The fraction of sp³-hybridized carbons (Fsp3) is 0.667. The van der Waals surface area contributed by atoms with Crippen LogP contribution in [-0.2, 0) is 21.3 Å². The van der Waals surface area contributed by atoms with Gasteiger partial charge in [-0.3, -0.25) is 0 Å². The van der Waals surface area contributed by atoms with Crippen molar-refractivity contribution in [2.24, 2.45) is 22.7 Å². The molecule has 0 aliphatic heterocycles. The van der Waals surface area contributed by atoms with Crippen molar-refractivity contribution in [1.29, 1.82) is 0 Å². The van der Waals surface area contributed by atoms with Crippen LogP contribution in [0.3, 0.4) is 0 Å².